The standard InChI is InChI=1S/C11H9F4N3O/c1-18-8(9(16)17-10(18)19)6-3-2-5(12)4-7(6)11(13,14)15/h2-4,8H,1H3,(H2,16,17,19). The number of carbonyl (C=O) groups is 1. The Kier molecular flexibility index (Phi) is 2.95. The molecular formula is C11H9F4N3O. The molecule has 2 rings (SSSR count). The lowest BCUT2D eigenvalue weighted by molar-refractivity contribution is -0.138. The third kappa shape index (κ3) is 2.25. The highest BCUT2D eigenvalue weighted by atomic mass is 19.4. The zero-order valence-corrected chi connectivity index (χ0v) is 9.68. The van der Waals surface area contributed by atoms with Crippen LogP contribution in [0.3, 0.4) is 0 Å². The highest BCUT2D eigenvalue weighted by Crippen LogP contribution is 2.37. The minimum absolute atomic E-state index is 0.334. The fraction of sp³-hybridized carbons (Fsp3) is 0.273. The van der Waals surface area contributed by atoms with Gasteiger partial charge in [-0.15, -0.1) is 0 Å². The van der Waals surface area contributed by atoms with E-state index in [-0.39, 0.29) is 11.4 Å². The van der Waals surface area contributed by atoms with Crippen LogP contribution in [0.1, 0.15) is 17.2 Å². The lowest BCUT2D eigenvalue weighted by Gasteiger charge is -2.22. The Labute approximate surface area is 105 Å². The molecule has 0 spiro atoms. The monoisotopic (exact) mass is 275 g/mol. The van der Waals surface area contributed by atoms with Crippen molar-refractivity contribution in [1.29, 1.82) is 5.41 Å². The number of halogens is 4. The lowest BCUT2D eigenvalue weighted by Crippen LogP contribution is -2.26. The second-order valence-corrected chi connectivity index (χ2v) is 4.09. The van der Waals surface area contributed by atoms with Crippen LogP contribution in [-0.2, 0) is 6.18 Å². The summed E-state index contributed by atoms with van der Waals surface area (Å²) in [6.45, 7) is 0. The summed E-state index contributed by atoms with van der Waals surface area (Å²) in [6, 6.07) is 0.305. The van der Waals surface area contributed by atoms with Crippen LogP contribution in [0.15, 0.2) is 18.2 Å². The fourth-order valence-corrected chi connectivity index (χ4v) is 1.96. The van der Waals surface area contributed by atoms with E-state index in [0.717, 1.165) is 17.0 Å². The number of urea groups is 1. The molecule has 0 bridgehead atoms. The van der Waals surface area contributed by atoms with Gasteiger partial charge in [0.05, 0.1) is 5.56 Å². The molecule has 0 aliphatic carbocycles. The Morgan fingerprint density at radius 2 is 2.00 bits per heavy atom. The zero-order valence-electron chi connectivity index (χ0n) is 9.68. The molecule has 1 aliphatic heterocycles. The smallest absolute Gasteiger partial charge is 0.313 e. The topological polar surface area (TPSA) is 56.2 Å². The van der Waals surface area contributed by atoms with Crippen molar-refractivity contribution in [2.24, 2.45) is 0 Å². The number of amidine groups is 1. The average molecular weight is 275 g/mol. The molecule has 1 aromatic carbocycles. The summed E-state index contributed by atoms with van der Waals surface area (Å²) >= 11 is 0. The molecule has 0 aromatic heterocycles. The molecule has 0 saturated carbocycles. The van der Waals surface area contributed by atoms with Crippen molar-refractivity contribution in [3.63, 3.8) is 0 Å². The van der Waals surface area contributed by atoms with E-state index in [1.54, 1.807) is 0 Å². The molecule has 1 aliphatic rings. The average Bonchev–Trinajstić information content (AvgIpc) is 2.53. The first-order valence-electron chi connectivity index (χ1n) is 5.20. The highest BCUT2D eigenvalue weighted by Gasteiger charge is 2.41. The van der Waals surface area contributed by atoms with Crippen LogP contribution < -0.4 is 5.32 Å². The van der Waals surface area contributed by atoms with Gasteiger partial charge in [-0.2, -0.15) is 13.2 Å². The van der Waals surface area contributed by atoms with Crippen LogP contribution in [0.4, 0.5) is 22.4 Å². The van der Waals surface area contributed by atoms with Gasteiger partial charge in [0.25, 0.3) is 0 Å². The maximum absolute atomic E-state index is 13.0. The number of benzene rings is 1. The molecule has 2 N–H and O–H groups in total. The number of rotatable bonds is 1. The van der Waals surface area contributed by atoms with Gasteiger partial charge in [-0.25, -0.2) is 9.18 Å². The van der Waals surface area contributed by atoms with Gasteiger partial charge in [-0.1, -0.05) is 6.07 Å². The molecule has 2 amide bonds. The Balaban J connectivity index is 2.57. The zero-order chi connectivity index (χ0) is 14.4. The van der Waals surface area contributed by atoms with E-state index < -0.39 is 29.6 Å². The SMILES string of the molecule is CN1C(=O)NC(=N)C1c1ccc(F)cc1C(F)(F)F. The molecular weight excluding hydrogens is 266 g/mol. The largest absolute Gasteiger partial charge is 0.416 e. The number of alkyl halides is 3. The van der Waals surface area contributed by atoms with Crippen molar-refractivity contribution in [2.75, 3.05) is 7.05 Å². The first-order chi connectivity index (χ1) is 8.71. The van der Waals surface area contributed by atoms with E-state index in [2.05, 4.69) is 5.32 Å². The minimum atomic E-state index is -4.76. The second-order valence-electron chi connectivity index (χ2n) is 4.09. The molecule has 1 fully saturated rings. The first-order valence-corrected chi connectivity index (χ1v) is 5.20. The fourth-order valence-electron chi connectivity index (χ4n) is 1.96. The van der Waals surface area contributed by atoms with E-state index in [0.29, 0.717) is 6.07 Å². The number of nitrogens with zero attached hydrogens (tertiary/aromatic N) is 1. The Morgan fingerprint density at radius 3 is 2.47 bits per heavy atom. The number of hydrogen-bond acceptors (Lipinski definition) is 2. The first kappa shape index (κ1) is 13.3. The number of nitrogens with one attached hydrogen (secondary N) is 2. The number of hydrogen-bond donors (Lipinski definition) is 2. The Hall–Kier alpha value is -2.12. The molecule has 102 valence electrons. The van der Waals surface area contributed by atoms with Crippen LogP contribution in [0.5, 0.6) is 0 Å². The second kappa shape index (κ2) is 4.22. The van der Waals surface area contributed by atoms with Crippen LogP contribution in [0.25, 0.3) is 0 Å². The highest BCUT2D eigenvalue weighted by molar-refractivity contribution is 6.06. The predicted molar refractivity (Wildman–Crippen MR) is 58.2 cm³/mol. The van der Waals surface area contributed by atoms with Gasteiger partial charge in [0.15, 0.2) is 0 Å². The minimum Gasteiger partial charge on any atom is -0.313 e. The quantitative estimate of drug-likeness (QED) is 0.760. The summed E-state index contributed by atoms with van der Waals surface area (Å²) in [5, 5.41) is 9.64. The molecule has 1 saturated heterocycles. The molecule has 19 heavy (non-hydrogen) atoms. The molecule has 0 radical (unpaired) electrons. The van der Waals surface area contributed by atoms with Gasteiger partial charge in [0.2, 0.25) is 0 Å². The number of amides is 2. The predicted octanol–water partition coefficient (Wildman–Crippen LogP) is 2.52. The van der Waals surface area contributed by atoms with Crippen LogP contribution in [0.2, 0.25) is 0 Å². The van der Waals surface area contributed by atoms with Crippen molar-refractivity contribution in [1.82, 2.24) is 10.2 Å². The van der Waals surface area contributed by atoms with Gasteiger partial charge >= 0.3 is 12.2 Å². The van der Waals surface area contributed by atoms with Gasteiger partial charge < -0.3 is 4.90 Å². The number of likely N-dealkylation sites (N-methyl/N-ethyl adjacent to an activating group) is 1. The maximum atomic E-state index is 13.0. The van der Waals surface area contributed by atoms with E-state index in [4.69, 9.17) is 5.41 Å². The van der Waals surface area contributed by atoms with Gasteiger partial charge in [-0.05, 0) is 17.7 Å². The third-order valence-corrected chi connectivity index (χ3v) is 2.84. The Morgan fingerprint density at radius 1 is 1.37 bits per heavy atom. The van der Waals surface area contributed by atoms with Crippen molar-refractivity contribution in [3.8, 4) is 0 Å². The summed E-state index contributed by atoms with van der Waals surface area (Å²) in [5.41, 5.74) is -1.52. The normalized spacial score (nSPS) is 19.8. The molecule has 8 heteroatoms. The van der Waals surface area contributed by atoms with Crippen molar-refractivity contribution in [2.45, 2.75) is 12.2 Å². The molecule has 1 atom stereocenters. The van der Waals surface area contributed by atoms with Crippen molar-refractivity contribution >= 4 is 11.9 Å². The van der Waals surface area contributed by atoms with E-state index in [9.17, 15) is 22.4 Å². The van der Waals surface area contributed by atoms with Crippen LogP contribution in [-0.4, -0.2) is 23.8 Å². The maximum Gasteiger partial charge on any atom is 0.416 e. The lowest BCUT2D eigenvalue weighted by atomic mass is 9.98. The van der Waals surface area contributed by atoms with Gasteiger partial charge in [0, 0.05) is 7.05 Å². The summed E-state index contributed by atoms with van der Waals surface area (Å²) in [5.74, 6) is -1.40. The van der Waals surface area contributed by atoms with Gasteiger partial charge in [0.1, 0.15) is 17.7 Å². The summed E-state index contributed by atoms with van der Waals surface area (Å²) in [6.07, 6.45) is -4.76. The van der Waals surface area contributed by atoms with E-state index in [1.807, 2.05) is 0 Å². The third-order valence-electron chi connectivity index (χ3n) is 2.84. The van der Waals surface area contributed by atoms with E-state index in [1.165, 1.54) is 7.05 Å². The van der Waals surface area contributed by atoms with Crippen LogP contribution in [0, 0.1) is 11.2 Å². The summed E-state index contributed by atoms with van der Waals surface area (Å²) < 4.78 is 51.6. The molecule has 4 nitrogen and oxygen atoms in total. The summed E-state index contributed by atoms with van der Waals surface area (Å²) in [4.78, 5) is 12.3. The van der Waals surface area contributed by atoms with Crippen molar-refractivity contribution < 1.29 is 22.4 Å². The molecule has 1 unspecified atom stereocenters. The van der Waals surface area contributed by atoms with Crippen molar-refractivity contribution in [3.05, 3.63) is 35.1 Å². The molecule has 1 aromatic rings. The van der Waals surface area contributed by atoms with Crippen LogP contribution >= 0.6 is 0 Å². The summed E-state index contributed by atoms with van der Waals surface area (Å²) in [7, 11) is 1.27. The van der Waals surface area contributed by atoms with E-state index >= 15 is 0 Å². The Bertz CT molecular complexity index is 555. The van der Waals surface area contributed by atoms with Gasteiger partial charge in [-0.3, -0.25) is 10.7 Å². The molecule has 1 heterocycles. The number of carbonyl (C=O) groups excluding carboxylic acids is 1.